The van der Waals surface area contributed by atoms with Crippen LogP contribution in [-0.2, 0) is 23.9 Å². The van der Waals surface area contributed by atoms with Crippen LogP contribution in [0.15, 0.2) is 41.1 Å². The number of amides is 1. The van der Waals surface area contributed by atoms with Gasteiger partial charge in [-0.15, -0.1) is 0 Å². The molecule has 7 heteroatoms. The van der Waals surface area contributed by atoms with Crippen LogP contribution in [0.25, 0.3) is 0 Å². The molecule has 3 nitrogen and oxygen atoms in total. The van der Waals surface area contributed by atoms with Gasteiger partial charge in [0.2, 0.25) is 5.91 Å². The van der Waals surface area contributed by atoms with Crippen molar-refractivity contribution in [3.63, 3.8) is 0 Å². The van der Waals surface area contributed by atoms with E-state index < -0.39 is 11.7 Å². The summed E-state index contributed by atoms with van der Waals surface area (Å²) >= 11 is 1.68. The molecule has 1 amide bonds. The maximum atomic E-state index is 12.5. The van der Waals surface area contributed by atoms with Crippen LogP contribution in [0.5, 0.6) is 0 Å². The first-order chi connectivity index (χ1) is 12.4. The van der Waals surface area contributed by atoms with E-state index in [9.17, 15) is 18.0 Å². The van der Waals surface area contributed by atoms with Gasteiger partial charge >= 0.3 is 6.18 Å². The minimum Gasteiger partial charge on any atom is -0.352 e. The van der Waals surface area contributed by atoms with Gasteiger partial charge in [-0.2, -0.15) is 24.5 Å². The predicted octanol–water partition coefficient (Wildman–Crippen LogP) is 4.09. The Kier molecular flexibility index (Phi) is 5.98. The topological polar surface area (TPSA) is 32.3 Å². The molecule has 26 heavy (non-hydrogen) atoms. The van der Waals surface area contributed by atoms with Crippen molar-refractivity contribution >= 4 is 17.2 Å². The Morgan fingerprint density at radius 3 is 2.62 bits per heavy atom. The monoisotopic (exact) mass is 382 g/mol. The number of rotatable bonds is 6. The SMILES string of the molecule is O=C(CCc1ccc(C(F)(F)F)cc1)NC1CCN(Cc2ccsc2)C1. The number of halogens is 3. The summed E-state index contributed by atoms with van der Waals surface area (Å²) in [5.74, 6) is -0.0488. The molecule has 1 atom stereocenters. The summed E-state index contributed by atoms with van der Waals surface area (Å²) in [4.78, 5) is 14.4. The molecule has 1 aromatic heterocycles. The Balaban J connectivity index is 1.40. The quantitative estimate of drug-likeness (QED) is 0.816. The lowest BCUT2D eigenvalue weighted by Gasteiger charge is -2.16. The highest BCUT2D eigenvalue weighted by Gasteiger charge is 2.30. The van der Waals surface area contributed by atoms with Gasteiger partial charge in [-0.25, -0.2) is 0 Å². The Hall–Kier alpha value is -1.86. The fourth-order valence-corrected chi connectivity index (χ4v) is 3.81. The third kappa shape index (κ3) is 5.32. The number of alkyl halides is 3. The fourth-order valence-electron chi connectivity index (χ4n) is 3.15. The number of likely N-dealkylation sites (tertiary alicyclic amines) is 1. The lowest BCUT2D eigenvalue weighted by atomic mass is 10.1. The number of thiophene rings is 1. The molecule has 1 aliphatic rings. The Labute approximate surface area is 154 Å². The summed E-state index contributed by atoms with van der Waals surface area (Å²) in [7, 11) is 0. The van der Waals surface area contributed by atoms with E-state index in [-0.39, 0.29) is 18.4 Å². The molecule has 0 spiro atoms. The molecule has 1 unspecified atom stereocenters. The Morgan fingerprint density at radius 1 is 1.19 bits per heavy atom. The molecule has 1 saturated heterocycles. The molecule has 1 aromatic carbocycles. The number of benzene rings is 1. The number of carbonyl (C=O) groups is 1. The van der Waals surface area contributed by atoms with Gasteiger partial charge in [0, 0.05) is 32.1 Å². The summed E-state index contributed by atoms with van der Waals surface area (Å²) in [6, 6.07) is 7.26. The number of hydrogen-bond acceptors (Lipinski definition) is 3. The molecule has 1 aliphatic heterocycles. The molecule has 2 aromatic rings. The van der Waals surface area contributed by atoms with Gasteiger partial charge in [-0.1, -0.05) is 12.1 Å². The zero-order valence-corrected chi connectivity index (χ0v) is 15.1. The van der Waals surface area contributed by atoms with Crippen molar-refractivity contribution in [2.24, 2.45) is 0 Å². The zero-order chi connectivity index (χ0) is 18.6. The van der Waals surface area contributed by atoms with E-state index >= 15 is 0 Å². The van der Waals surface area contributed by atoms with Crippen LogP contribution in [0.3, 0.4) is 0 Å². The number of aryl methyl sites for hydroxylation is 1. The largest absolute Gasteiger partial charge is 0.416 e. The first kappa shape index (κ1) is 18.9. The lowest BCUT2D eigenvalue weighted by molar-refractivity contribution is -0.137. The molecule has 3 rings (SSSR count). The van der Waals surface area contributed by atoms with Crippen LogP contribution in [0.4, 0.5) is 13.2 Å². The fraction of sp³-hybridized carbons (Fsp3) is 0.421. The number of hydrogen-bond donors (Lipinski definition) is 1. The van der Waals surface area contributed by atoms with E-state index in [0.29, 0.717) is 6.42 Å². The highest BCUT2D eigenvalue weighted by molar-refractivity contribution is 7.07. The number of nitrogens with one attached hydrogen (secondary N) is 1. The van der Waals surface area contributed by atoms with Crippen molar-refractivity contribution in [2.75, 3.05) is 13.1 Å². The van der Waals surface area contributed by atoms with Crippen LogP contribution in [0, 0.1) is 0 Å². The third-order valence-electron chi connectivity index (χ3n) is 4.55. The van der Waals surface area contributed by atoms with E-state index in [0.717, 1.165) is 43.8 Å². The summed E-state index contributed by atoms with van der Waals surface area (Å²) in [5, 5.41) is 7.23. The van der Waals surface area contributed by atoms with E-state index in [2.05, 4.69) is 27.0 Å². The van der Waals surface area contributed by atoms with Gasteiger partial charge in [0.15, 0.2) is 0 Å². The minimum absolute atomic E-state index is 0.0488. The molecule has 0 bridgehead atoms. The highest BCUT2D eigenvalue weighted by Crippen LogP contribution is 2.29. The van der Waals surface area contributed by atoms with Gasteiger partial charge in [-0.3, -0.25) is 9.69 Å². The van der Waals surface area contributed by atoms with Gasteiger partial charge in [-0.05, 0) is 52.9 Å². The molecule has 0 aliphatic carbocycles. The summed E-state index contributed by atoms with van der Waals surface area (Å²) in [6.07, 6.45) is -2.68. The van der Waals surface area contributed by atoms with Crippen molar-refractivity contribution in [2.45, 2.75) is 38.0 Å². The molecular weight excluding hydrogens is 361 g/mol. The van der Waals surface area contributed by atoms with E-state index in [1.165, 1.54) is 17.7 Å². The standard InChI is InChI=1S/C19H21F3N2OS/c20-19(21,22)16-4-1-14(2-5-16)3-6-18(25)23-17-7-9-24(12-17)11-15-8-10-26-13-15/h1-2,4-5,8,10,13,17H,3,6-7,9,11-12H2,(H,23,25). The van der Waals surface area contributed by atoms with Crippen molar-refractivity contribution in [1.82, 2.24) is 10.2 Å². The normalized spacial score (nSPS) is 18.2. The molecule has 2 heterocycles. The van der Waals surface area contributed by atoms with Crippen molar-refractivity contribution in [3.8, 4) is 0 Å². The molecule has 0 radical (unpaired) electrons. The first-order valence-corrected chi connectivity index (χ1v) is 9.53. The maximum Gasteiger partial charge on any atom is 0.416 e. The van der Waals surface area contributed by atoms with Gasteiger partial charge in [0.05, 0.1) is 5.56 Å². The van der Waals surface area contributed by atoms with Gasteiger partial charge in [0.25, 0.3) is 0 Å². The van der Waals surface area contributed by atoms with Crippen LogP contribution >= 0.6 is 11.3 Å². The Morgan fingerprint density at radius 2 is 1.96 bits per heavy atom. The Bertz CT molecular complexity index is 713. The summed E-state index contributed by atoms with van der Waals surface area (Å²) in [5.41, 5.74) is 1.37. The second-order valence-corrected chi connectivity index (χ2v) is 7.39. The lowest BCUT2D eigenvalue weighted by Crippen LogP contribution is -2.37. The van der Waals surface area contributed by atoms with E-state index in [1.807, 2.05) is 0 Å². The van der Waals surface area contributed by atoms with Crippen LogP contribution in [-0.4, -0.2) is 29.9 Å². The molecule has 0 saturated carbocycles. The summed E-state index contributed by atoms with van der Waals surface area (Å²) < 4.78 is 37.6. The average molecular weight is 382 g/mol. The second kappa shape index (κ2) is 8.22. The second-order valence-electron chi connectivity index (χ2n) is 6.61. The molecule has 1 fully saturated rings. The van der Waals surface area contributed by atoms with Gasteiger partial charge in [0.1, 0.15) is 0 Å². The molecular formula is C19H21F3N2OS. The third-order valence-corrected chi connectivity index (χ3v) is 5.28. The summed E-state index contributed by atoms with van der Waals surface area (Å²) in [6.45, 7) is 2.70. The minimum atomic E-state index is -4.33. The van der Waals surface area contributed by atoms with Crippen LogP contribution in [0.1, 0.15) is 29.5 Å². The van der Waals surface area contributed by atoms with Crippen LogP contribution in [0.2, 0.25) is 0 Å². The highest BCUT2D eigenvalue weighted by atomic mass is 32.1. The van der Waals surface area contributed by atoms with Crippen molar-refractivity contribution in [1.29, 1.82) is 0 Å². The smallest absolute Gasteiger partial charge is 0.352 e. The van der Waals surface area contributed by atoms with Crippen LogP contribution < -0.4 is 5.32 Å². The van der Waals surface area contributed by atoms with E-state index in [1.54, 1.807) is 11.3 Å². The van der Waals surface area contributed by atoms with Crippen molar-refractivity contribution in [3.05, 3.63) is 57.8 Å². The average Bonchev–Trinajstić information content (AvgIpc) is 3.25. The number of nitrogens with zero attached hydrogens (tertiary/aromatic N) is 1. The number of carbonyl (C=O) groups excluding carboxylic acids is 1. The zero-order valence-electron chi connectivity index (χ0n) is 14.3. The predicted molar refractivity (Wildman–Crippen MR) is 95.9 cm³/mol. The van der Waals surface area contributed by atoms with E-state index in [4.69, 9.17) is 0 Å². The maximum absolute atomic E-state index is 12.5. The first-order valence-electron chi connectivity index (χ1n) is 8.59. The van der Waals surface area contributed by atoms with Gasteiger partial charge < -0.3 is 5.32 Å². The molecule has 140 valence electrons. The molecule has 1 N–H and O–H groups in total. The van der Waals surface area contributed by atoms with Crippen molar-refractivity contribution < 1.29 is 18.0 Å².